The molecule has 0 aromatic carbocycles. The predicted octanol–water partition coefficient (Wildman–Crippen LogP) is 1.00. The molecule has 0 radical (unpaired) electrons. The molecule has 0 aromatic heterocycles. The Morgan fingerprint density at radius 1 is 1.83 bits per heavy atom. The summed E-state index contributed by atoms with van der Waals surface area (Å²) in [7, 11) is 1.80. The van der Waals surface area contributed by atoms with Gasteiger partial charge in [0.15, 0.2) is 0 Å². The van der Waals surface area contributed by atoms with Gasteiger partial charge >= 0.3 is 0 Å². The molecule has 0 unspecified atom stereocenters. The van der Waals surface area contributed by atoms with Gasteiger partial charge in [0.2, 0.25) is 0 Å². The summed E-state index contributed by atoms with van der Waals surface area (Å²) in [6.07, 6.45) is 0. The lowest BCUT2D eigenvalue weighted by Gasteiger charge is -1.99. The van der Waals surface area contributed by atoms with Gasteiger partial charge in [0.25, 0.3) is 0 Å². The average Bonchev–Trinajstić information content (AvgIpc) is 1.35. The maximum atomic E-state index is 5.36. The zero-order valence-electron chi connectivity index (χ0n) is 3.69. The largest absolute Gasteiger partial charge is 0.222 e. The third-order valence-corrected chi connectivity index (χ3v) is 0.777. The van der Waals surface area contributed by atoms with Crippen molar-refractivity contribution in [3.63, 3.8) is 0 Å². The first-order chi connectivity index (χ1) is 2.77. The van der Waals surface area contributed by atoms with Crippen LogP contribution in [0.3, 0.4) is 0 Å². The Morgan fingerprint density at radius 3 is 2.33 bits per heavy atom. The van der Waals surface area contributed by atoms with Gasteiger partial charge in [-0.05, 0) is 11.8 Å². The van der Waals surface area contributed by atoms with Crippen molar-refractivity contribution in [2.75, 3.05) is 19.3 Å². The van der Waals surface area contributed by atoms with Gasteiger partial charge in [-0.3, -0.25) is 0 Å². The van der Waals surface area contributed by atoms with Crippen molar-refractivity contribution in [3.8, 4) is 0 Å². The molecule has 0 saturated carbocycles. The number of nitrogens with zero attached hydrogens (tertiary/aromatic N) is 1. The van der Waals surface area contributed by atoms with E-state index in [1.54, 1.807) is 11.5 Å². The summed E-state index contributed by atoms with van der Waals surface area (Å²) in [4.78, 5) is 0. The van der Waals surface area contributed by atoms with Crippen LogP contribution in [0.1, 0.15) is 0 Å². The standard InChI is InChI=1S/C3H8ClNS/c1-5(4)2-3-6/h6H,2-3H2,1H3. The predicted molar refractivity (Wildman–Crippen MR) is 32.3 cm³/mol. The SMILES string of the molecule is CN(Cl)CCS. The van der Waals surface area contributed by atoms with Crippen LogP contribution in [0.4, 0.5) is 0 Å². The van der Waals surface area contributed by atoms with Crippen molar-refractivity contribution in [2.45, 2.75) is 0 Å². The minimum absolute atomic E-state index is 0.819. The maximum absolute atomic E-state index is 5.36. The van der Waals surface area contributed by atoms with Gasteiger partial charge in [-0.25, -0.2) is 4.42 Å². The van der Waals surface area contributed by atoms with E-state index in [1.807, 2.05) is 0 Å². The number of halogens is 1. The van der Waals surface area contributed by atoms with Crippen LogP contribution in [-0.2, 0) is 0 Å². The highest BCUT2D eigenvalue weighted by Crippen LogP contribution is 1.85. The zero-order chi connectivity index (χ0) is 4.99. The Hall–Kier alpha value is 0.600. The van der Waals surface area contributed by atoms with E-state index >= 15 is 0 Å². The molecule has 0 aliphatic heterocycles. The van der Waals surface area contributed by atoms with Gasteiger partial charge < -0.3 is 0 Å². The lowest BCUT2D eigenvalue weighted by Crippen LogP contribution is -2.06. The molecule has 0 N–H and O–H groups in total. The van der Waals surface area contributed by atoms with Crippen LogP contribution in [-0.4, -0.2) is 23.8 Å². The molecular formula is C3H8ClNS. The monoisotopic (exact) mass is 125 g/mol. The molecule has 0 aliphatic rings. The lowest BCUT2D eigenvalue weighted by molar-refractivity contribution is 0.589. The molecule has 38 valence electrons. The van der Waals surface area contributed by atoms with E-state index < -0.39 is 0 Å². The fourth-order valence-electron chi connectivity index (χ4n) is 0.138. The van der Waals surface area contributed by atoms with Crippen molar-refractivity contribution in [3.05, 3.63) is 0 Å². The Balaban J connectivity index is 2.63. The Morgan fingerprint density at radius 2 is 2.33 bits per heavy atom. The molecule has 0 atom stereocenters. The molecule has 3 heteroatoms. The summed E-state index contributed by atoms with van der Waals surface area (Å²) in [5.74, 6) is 0.819. The van der Waals surface area contributed by atoms with Crippen LogP contribution in [0.15, 0.2) is 0 Å². The summed E-state index contributed by atoms with van der Waals surface area (Å²) in [6, 6.07) is 0. The molecule has 0 spiro atoms. The van der Waals surface area contributed by atoms with Gasteiger partial charge in [-0.1, -0.05) is 0 Å². The summed E-state index contributed by atoms with van der Waals surface area (Å²) in [5, 5.41) is 0. The van der Waals surface area contributed by atoms with Crippen molar-refractivity contribution >= 4 is 24.4 Å². The zero-order valence-corrected chi connectivity index (χ0v) is 5.34. The third kappa shape index (κ3) is 4.60. The number of rotatable bonds is 2. The molecular weight excluding hydrogens is 118 g/mol. The molecule has 0 aromatic rings. The van der Waals surface area contributed by atoms with E-state index in [1.165, 1.54) is 0 Å². The Labute approximate surface area is 48.8 Å². The molecule has 0 fully saturated rings. The van der Waals surface area contributed by atoms with Crippen molar-refractivity contribution < 1.29 is 0 Å². The second-order valence-electron chi connectivity index (χ2n) is 1.05. The first-order valence-electron chi connectivity index (χ1n) is 1.75. The van der Waals surface area contributed by atoms with Crippen LogP contribution >= 0.6 is 24.4 Å². The van der Waals surface area contributed by atoms with Gasteiger partial charge in [-0.15, -0.1) is 0 Å². The number of hydrogen-bond acceptors (Lipinski definition) is 2. The van der Waals surface area contributed by atoms with Gasteiger partial charge in [0, 0.05) is 19.3 Å². The number of thiol groups is 1. The highest BCUT2D eigenvalue weighted by atomic mass is 35.5. The van der Waals surface area contributed by atoms with E-state index in [-0.39, 0.29) is 0 Å². The molecule has 0 heterocycles. The Kier molecular flexibility index (Phi) is 4.16. The first kappa shape index (κ1) is 6.60. The van der Waals surface area contributed by atoms with Gasteiger partial charge in [-0.2, -0.15) is 12.6 Å². The second-order valence-corrected chi connectivity index (χ2v) is 2.08. The van der Waals surface area contributed by atoms with Gasteiger partial charge in [0.1, 0.15) is 0 Å². The summed E-state index contributed by atoms with van der Waals surface area (Å²) >= 11 is 9.30. The van der Waals surface area contributed by atoms with Crippen molar-refractivity contribution in [1.82, 2.24) is 4.42 Å². The Bertz CT molecular complexity index is 32.0. The number of hydrogen-bond donors (Lipinski definition) is 1. The summed E-state index contributed by atoms with van der Waals surface area (Å²) in [5.41, 5.74) is 0. The van der Waals surface area contributed by atoms with Crippen LogP contribution in [0, 0.1) is 0 Å². The second kappa shape index (κ2) is 3.78. The van der Waals surface area contributed by atoms with Gasteiger partial charge in [0.05, 0.1) is 0 Å². The summed E-state index contributed by atoms with van der Waals surface area (Å²) in [6.45, 7) is 0.838. The molecule has 0 rings (SSSR count). The van der Waals surface area contributed by atoms with E-state index in [2.05, 4.69) is 12.6 Å². The van der Waals surface area contributed by atoms with E-state index in [9.17, 15) is 0 Å². The lowest BCUT2D eigenvalue weighted by atomic mass is 10.8. The smallest absolute Gasteiger partial charge is 0.0224 e. The highest BCUT2D eigenvalue weighted by molar-refractivity contribution is 7.80. The van der Waals surface area contributed by atoms with Crippen LogP contribution in [0.2, 0.25) is 0 Å². The minimum atomic E-state index is 0.819. The third-order valence-electron chi connectivity index (χ3n) is 0.408. The maximum Gasteiger partial charge on any atom is 0.0224 e. The van der Waals surface area contributed by atoms with Crippen LogP contribution < -0.4 is 0 Å². The van der Waals surface area contributed by atoms with Crippen LogP contribution in [0.25, 0.3) is 0 Å². The highest BCUT2D eigenvalue weighted by Gasteiger charge is 1.83. The van der Waals surface area contributed by atoms with Crippen molar-refractivity contribution in [1.29, 1.82) is 0 Å². The topological polar surface area (TPSA) is 3.24 Å². The quantitative estimate of drug-likeness (QED) is 0.426. The molecule has 0 saturated heterocycles. The first-order valence-corrected chi connectivity index (χ1v) is 2.72. The fraction of sp³-hybridized carbons (Fsp3) is 1.00. The van der Waals surface area contributed by atoms with E-state index in [4.69, 9.17) is 11.8 Å². The molecule has 0 aliphatic carbocycles. The molecule has 0 bridgehead atoms. The molecule has 1 nitrogen and oxygen atoms in total. The molecule has 6 heavy (non-hydrogen) atoms. The minimum Gasteiger partial charge on any atom is -0.222 e. The molecule has 0 amide bonds. The summed E-state index contributed by atoms with van der Waals surface area (Å²) < 4.78 is 1.58. The van der Waals surface area contributed by atoms with Crippen molar-refractivity contribution in [2.24, 2.45) is 0 Å². The van der Waals surface area contributed by atoms with Crippen LogP contribution in [0.5, 0.6) is 0 Å². The fourth-order valence-corrected chi connectivity index (χ4v) is 0.640. The average molecular weight is 126 g/mol. The van der Waals surface area contributed by atoms with E-state index in [0.29, 0.717) is 0 Å². The van der Waals surface area contributed by atoms with E-state index in [0.717, 1.165) is 12.3 Å². The normalized spacial score (nSPS) is 10.0.